The number of aliphatic hydroxyl groups is 1. The van der Waals surface area contributed by atoms with Gasteiger partial charge in [0.15, 0.2) is 0 Å². The van der Waals surface area contributed by atoms with E-state index in [2.05, 4.69) is 15.3 Å². The maximum absolute atomic E-state index is 9.85. The molecule has 0 amide bonds. The molecule has 2 N–H and O–H groups in total. The molecule has 0 aliphatic carbocycles. The van der Waals surface area contributed by atoms with Gasteiger partial charge in [-0.15, -0.1) is 0 Å². The van der Waals surface area contributed by atoms with E-state index < -0.39 is 6.10 Å². The lowest BCUT2D eigenvalue weighted by molar-refractivity contribution is 0.178. The van der Waals surface area contributed by atoms with Gasteiger partial charge in [-0.1, -0.05) is 0 Å². The molecule has 2 aromatic heterocycles. The van der Waals surface area contributed by atoms with Gasteiger partial charge in [-0.2, -0.15) is 10.2 Å². The van der Waals surface area contributed by atoms with Crippen molar-refractivity contribution in [3.8, 4) is 0 Å². The summed E-state index contributed by atoms with van der Waals surface area (Å²) >= 11 is 0. The van der Waals surface area contributed by atoms with Crippen LogP contribution in [-0.2, 0) is 13.0 Å². The Morgan fingerprint density at radius 1 is 1.53 bits per heavy atom. The van der Waals surface area contributed by atoms with Crippen molar-refractivity contribution in [2.24, 2.45) is 0 Å². The zero-order chi connectivity index (χ0) is 10.7. The summed E-state index contributed by atoms with van der Waals surface area (Å²) in [5.74, 6) is 0. The number of nitrogens with one attached hydrogen (secondary N) is 1. The molecule has 1 unspecified atom stereocenters. The number of aryl methyl sites for hydroxylation is 1. The van der Waals surface area contributed by atoms with E-state index in [1.165, 1.54) is 0 Å². The second-order valence-corrected chi connectivity index (χ2v) is 3.46. The molecule has 2 rings (SSSR count). The van der Waals surface area contributed by atoms with Gasteiger partial charge in [0, 0.05) is 30.9 Å². The lowest BCUT2D eigenvalue weighted by atomic mass is 10.1. The van der Waals surface area contributed by atoms with Crippen LogP contribution < -0.4 is 0 Å². The summed E-state index contributed by atoms with van der Waals surface area (Å²) in [7, 11) is 0. The third-order valence-electron chi connectivity index (χ3n) is 2.34. The summed E-state index contributed by atoms with van der Waals surface area (Å²) < 4.78 is 1.84. The highest BCUT2D eigenvalue weighted by Crippen LogP contribution is 2.16. The Balaban J connectivity index is 2.02. The Kier molecular flexibility index (Phi) is 2.82. The normalized spacial score (nSPS) is 12.9. The first-order valence-corrected chi connectivity index (χ1v) is 4.97. The zero-order valence-corrected chi connectivity index (χ0v) is 8.59. The van der Waals surface area contributed by atoms with Crippen molar-refractivity contribution in [1.29, 1.82) is 0 Å². The Hall–Kier alpha value is -1.62. The lowest BCUT2D eigenvalue weighted by Crippen LogP contribution is -1.99. The third kappa shape index (κ3) is 2.24. The summed E-state index contributed by atoms with van der Waals surface area (Å²) in [6, 6.07) is 0. The SMILES string of the molecule is CCn1cc(CC(O)c2cn[nH]c2)cn1. The molecule has 0 spiro atoms. The van der Waals surface area contributed by atoms with Gasteiger partial charge in [0.2, 0.25) is 0 Å². The fourth-order valence-corrected chi connectivity index (χ4v) is 1.47. The average Bonchev–Trinajstić information content (AvgIpc) is 2.87. The molecule has 1 atom stereocenters. The predicted octanol–water partition coefficient (Wildman–Crippen LogP) is 0.902. The molecule has 80 valence electrons. The molecular formula is C10H14N4O. The number of rotatable bonds is 4. The quantitative estimate of drug-likeness (QED) is 0.781. The van der Waals surface area contributed by atoms with Crippen LogP contribution in [0.1, 0.15) is 24.2 Å². The average molecular weight is 206 g/mol. The van der Waals surface area contributed by atoms with E-state index in [1.807, 2.05) is 17.8 Å². The molecule has 0 saturated heterocycles. The number of nitrogens with zero attached hydrogens (tertiary/aromatic N) is 3. The number of aromatic nitrogens is 4. The van der Waals surface area contributed by atoms with Crippen molar-refractivity contribution >= 4 is 0 Å². The molecule has 5 nitrogen and oxygen atoms in total. The fourth-order valence-electron chi connectivity index (χ4n) is 1.47. The minimum absolute atomic E-state index is 0.516. The van der Waals surface area contributed by atoms with Gasteiger partial charge in [0.05, 0.1) is 18.5 Å². The highest BCUT2D eigenvalue weighted by Gasteiger charge is 2.10. The summed E-state index contributed by atoms with van der Waals surface area (Å²) in [4.78, 5) is 0. The summed E-state index contributed by atoms with van der Waals surface area (Å²) in [5.41, 5.74) is 1.84. The molecule has 0 bridgehead atoms. The Morgan fingerprint density at radius 3 is 3.00 bits per heavy atom. The molecule has 0 aromatic carbocycles. The Bertz CT molecular complexity index is 407. The van der Waals surface area contributed by atoms with Gasteiger partial charge in [-0.3, -0.25) is 9.78 Å². The van der Waals surface area contributed by atoms with Gasteiger partial charge in [0.25, 0.3) is 0 Å². The maximum Gasteiger partial charge on any atom is 0.0861 e. The van der Waals surface area contributed by atoms with Gasteiger partial charge in [0.1, 0.15) is 0 Å². The van der Waals surface area contributed by atoms with E-state index >= 15 is 0 Å². The number of aliphatic hydroxyl groups excluding tert-OH is 1. The highest BCUT2D eigenvalue weighted by atomic mass is 16.3. The Labute approximate surface area is 87.7 Å². The smallest absolute Gasteiger partial charge is 0.0861 e. The number of hydrogen-bond donors (Lipinski definition) is 2. The predicted molar refractivity (Wildman–Crippen MR) is 55.2 cm³/mol. The van der Waals surface area contributed by atoms with Crippen molar-refractivity contribution in [3.63, 3.8) is 0 Å². The van der Waals surface area contributed by atoms with Crippen LogP contribution in [0, 0.1) is 0 Å². The molecule has 0 aliphatic rings. The Morgan fingerprint density at radius 2 is 2.40 bits per heavy atom. The highest BCUT2D eigenvalue weighted by molar-refractivity contribution is 5.13. The first kappa shape index (κ1) is 9.92. The van der Waals surface area contributed by atoms with E-state index in [-0.39, 0.29) is 0 Å². The largest absolute Gasteiger partial charge is 0.388 e. The van der Waals surface area contributed by atoms with Crippen molar-refractivity contribution in [1.82, 2.24) is 20.0 Å². The standard InChI is InChI=1S/C10H14N4O/c1-2-14-7-8(4-13-14)3-10(15)9-5-11-12-6-9/h4-7,10,15H,2-3H2,1H3,(H,11,12). The van der Waals surface area contributed by atoms with Crippen LogP contribution in [0.2, 0.25) is 0 Å². The minimum atomic E-state index is -0.516. The van der Waals surface area contributed by atoms with Crippen LogP contribution in [0.5, 0.6) is 0 Å². The van der Waals surface area contributed by atoms with Gasteiger partial charge in [-0.25, -0.2) is 0 Å². The number of hydrogen-bond acceptors (Lipinski definition) is 3. The third-order valence-corrected chi connectivity index (χ3v) is 2.34. The van der Waals surface area contributed by atoms with E-state index in [0.717, 1.165) is 17.7 Å². The molecule has 0 saturated carbocycles. The fraction of sp³-hybridized carbons (Fsp3) is 0.400. The first-order chi connectivity index (χ1) is 7.29. The molecular weight excluding hydrogens is 192 g/mol. The van der Waals surface area contributed by atoms with Crippen molar-refractivity contribution in [3.05, 3.63) is 35.9 Å². The van der Waals surface area contributed by atoms with E-state index in [1.54, 1.807) is 18.6 Å². The first-order valence-electron chi connectivity index (χ1n) is 4.97. The van der Waals surface area contributed by atoms with Crippen LogP contribution in [-0.4, -0.2) is 25.1 Å². The van der Waals surface area contributed by atoms with Crippen LogP contribution in [0.4, 0.5) is 0 Å². The lowest BCUT2D eigenvalue weighted by Gasteiger charge is -2.05. The molecule has 5 heteroatoms. The molecule has 0 aliphatic heterocycles. The number of H-pyrrole nitrogens is 1. The van der Waals surface area contributed by atoms with Crippen molar-refractivity contribution in [2.75, 3.05) is 0 Å². The topological polar surface area (TPSA) is 66.7 Å². The second kappa shape index (κ2) is 4.27. The zero-order valence-electron chi connectivity index (χ0n) is 8.59. The van der Waals surface area contributed by atoms with Crippen LogP contribution in [0.15, 0.2) is 24.8 Å². The van der Waals surface area contributed by atoms with Gasteiger partial charge >= 0.3 is 0 Å². The van der Waals surface area contributed by atoms with Crippen LogP contribution >= 0.6 is 0 Å². The van der Waals surface area contributed by atoms with Crippen molar-refractivity contribution < 1.29 is 5.11 Å². The van der Waals surface area contributed by atoms with Gasteiger partial charge < -0.3 is 5.11 Å². The van der Waals surface area contributed by atoms with Gasteiger partial charge in [-0.05, 0) is 12.5 Å². The molecule has 2 heterocycles. The second-order valence-electron chi connectivity index (χ2n) is 3.46. The van der Waals surface area contributed by atoms with Crippen LogP contribution in [0.3, 0.4) is 0 Å². The molecule has 15 heavy (non-hydrogen) atoms. The van der Waals surface area contributed by atoms with E-state index in [9.17, 15) is 5.11 Å². The number of aromatic amines is 1. The van der Waals surface area contributed by atoms with E-state index in [4.69, 9.17) is 0 Å². The minimum Gasteiger partial charge on any atom is -0.388 e. The van der Waals surface area contributed by atoms with Crippen molar-refractivity contribution in [2.45, 2.75) is 26.0 Å². The summed E-state index contributed by atoms with van der Waals surface area (Å²) in [6.45, 7) is 2.88. The van der Waals surface area contributed by atoms with E-state index in [0.29, 0.717) is 6.42 Å². The maximum atomic E-state index is 9.85. The molecule has 0 fully saturated rings. The summed E-state index contributed by atoms with van der Waals surface area (Å²) in [5, 5.41) is 20.5. The molecule has 2 aromatic rings. The monoisotopic (exact) mass is 206 g/mol. The molecule has 0 radical (unpaired) electrons. The van der Waals surface area contributed by atoms with Crippen LogP contribution in [0.25, 0.3) is 0 Å². The summed E-state index contributed by atoms with van der Waals surface area (Å²) in [6.07, 6.45) is 7.12.